The van der Waals surface area contributed by atoms with Crippen molar-refractivity contribution in [3.63, 3.8) is 0 Å². The Morgan fingerprint density at radius 3 is 2.69 bits per heavy atom. The van der Waals surface area contributed by atoms with Gasteiger partial charge in [0.15, 0.2) is 0 Å². The molecule has 1 fully saturated rings. The van der Waals surface area contributed by atoms with Gasteiger partial charge in [0.1, 0.15) is 11.8 Å². The van der Waals surface area contributed by atoms with E-state index in [2.05, 4.69) is 15.6 Å². The number of thiophene rings is 1. The molecule has 1 aliphatic carbocycles. The highest BCUT2D eigenvalue weighted by Gasteiger charge is 2.29. The predicted molar refractivity (Wildman–Crippen MR) is 111 cm³/mol. The smallest absolute Gasteiger partial charge is 0.243 e. The van der Waals surface area contributed by atoms with Crippen molar-refractivity contribution in [1.29, 1.82) is 0 Å². The largest absolute Gasteiger partial charge is 0.440 e. The number of carbonyl (C=O) groups is 2. The predicted octanol–water partition coefficient (Wildman–Crippen LogP) is 3.26. The van der Waals surface area contributed by atoms with Gasteiger partial charge in [0.05, 0.1) is 17.0 Å². The molecule has 0 aliphatic heterocycles. The summed E-state index contributed by atoms with van der Waals surface area (Å²) in [5.41, 5.74) is 1.59. The third-order valence-corrected chi connectivity index (χ3v) is 5.67. The monoisotopic (exact) mass is 409 g/mol. The number of rotatable bonds is 8. The molecule has 2 heterocycles. The number of hydrogen-bond donors (Lipinski definition) is 2. The van der Waals surface area contributed by atoms with Crippen LogP contribution in [0.25, 0.3) is 10.8 Å². The average molecular weight is 410 g/mol. The van der Waals surface area contributed by atoms with Gasteiger partial charge in [-0.05, 0) is 36.8 Å². The molecule has 0 bridgehead atoms. The van der Waals surface area contributed by atoms with Gasteiger partial charge in [-0.1, -0.05) is 36.4 Å². The average Bonchev–Trinajstić information content (AvgIpc) is 3.21. The fourth-order valence-electron chi connectivity index (χ4n) is 3.08. The fraction of sp³-hybridized carbons (Fsp3) is 0.318. The molecule has 0 spiro atoms. The topological polar surface area (TPSA) is 84.2 Å². The van der Waals surface area contributed by atoms with Crippen LogP contribution in [0.4, 0.5) is 0 Å². The molecule has 1 aromatic carbocycles. The molecule has 2 N–H and O–H groups in total. The first-order valence-electron chi connectivity index (χ1n) is 9.72. The summed E-state index contributed by atoms with van der Waals surface area (Å²) in [6.45, 7) is 1.80. The second-order valence-corrected chi connectivity index (χ2v) is 8.22. The van der Waals surface area contributed by atoms with Crippen molar-refractivity contribution >= 4 is 23.2 Å². The van der Waals surface area contributed by atoms with Crippen LogP contribution in [-0.2, 0) is 22.4 Å². The van der Waals surface area contributed by atoms with E-state index in [0.717, 1.165) is 23.3 Å². The van der Waals surface area contributed by atoms with E-state index >= 15 is 0 Å². The van der Waals surface area contributed by atoms with E-state index in [1.807, 2.05) is 47.8 Å². The van der Waals surface area contributed by atoms with Gasteiger partial charge >= 0.3 is 0 Å². The van der Waals surface area contributed by atoms with Crippen LogP contribution in [0.2, 0.25) is 0 Å². The molecule has 4 rings (SSSR count). The number of aromatic nitrogens is 1. The number of carbonyl (C=O) groups excluding carboxylic acids is 2. The summed E-state index contributed by atoms with van der Waals surface area (Å²) in [6, 6.07) is 13.2. The maximum atomic E-state index is 12.7. The molecule has 150 valence electrons. The van der Waals surface area contributed by atoms with Crippen molar-refractivity contribution in [2.24, 2.45) is 0 Å². The molecule has 7 heteroatoms. The molecular weight excluding hydrogens is 386 g/mol. The number of oxazole rings is 1. The molecule has 6 nitrogen and oxygen atoms in total. The zero-order valence-corrected chi connectivity index (χ0v) is 17.0. The molecule has 0 radical (unpaired) electrons. The van der Waals surface area contributed by atoms with E-state index in [1.54, 1.807) is 6.92 Å². The molecule has 2 aromatic heterocycles. The van der Waals surface area contributed by atoms with Crippen LogP contribution in [0.5, 0.6) is 0 Å². The highest BCUT2D eigenvalue weighted by Crippen LogP contribution is 2.26. The van der Waals surface area contributed by atoms with Gasteiger partial charge in [-0.25, -0.2) is 4.98 Å². The maximum absolute atomic E-state index is 12.7. The van der Waals surface area contributed by atoms with Crippen LogP contribution < -0.4 is 10.6 Å². The zero-order chi connectivity index (χ0) is 20.2. The van der Waals surface area contributed by atoms with Gasteiger partial charge in [0.2, 0.25) is 17.7 Å². The van der Waals surface area contributed by atoms with Crippen LogP contribution in [-0.4, -0.2) is 28.9 Å². The molecule has 2 amide bonds. The van der Waals surface area contributed by atoms with Gasteiger partial charge in [-0.15, -0.1) is 11.3 Å². The summed E-state index contributed by atoms with van der Waals surface area (Å²) >= 11 is 1.53. The number of amides is 2. The highest BCUT2D eigenvalue weighted by molar-refractivity contribution is 7.13. The van der Waals surface area contributed by atoms with E-state index in [4.69, 9.17) is 4.42 Å². The van der Waals surface area contributed by atoms with E-state index in [0.29, 0.717) is 23.8 Å². The van der Waals surface area contributed by atoms with Crippen molar-refractivity contribution in [2.75, 3.05) is 0 Å². The lowest BCUT2D eigenvalue weighted by atomic mass is 10.0. The lowest BCUT2D eigenvalue weighted by Gasteiger charge is -2.18. The number of hydrogen-bond acceptors (Lipinski definition) is 5. The second-order valence-electron chi connectivity index (χ2n) is 7.27. The van der Waals surface area contributed by atoms with Crippen molar-refractivity contribution in [1.82, 2.24) is 15.6 Å². The van der Waals surface area contributed by atoms with E-state index in [1.165, 1.54) is 11.3 Å². The molecule has 3 aromatic rings. The highest BCUT2D eigenvalue weighted by atomic mass is 32.1. The van der Waals surface area contributed by atoms with Gasteiger partial charge in [0, 0.05) is 12.5 Å². The molecule has 1 unspecified atom stereocenters. The van der Waals surface area contributed by atoms with Crippen molar-refractivity contribution < 1.29 is 14.0 Å². The van der Waals surface area contributed by atoms with Crippen LogP contribution in [0.3, 0.4) is 0 Å². The summed E-state index contributed by atoms with van der Waals surface area (Å²) in [5.74, 6) is 0.755. The first-order chi connectivity index (χ1) is 14.1. The Morgan fingerprint density at radius 1 is 1.21 bits per heavy atom. The minimum absolute atomic E-state index is 0.0721. The summed E-state index contributed by atoms with van der Waals surface area (Å²) < 4.78 is 5.71. The second kappa shape index (κ2) is 8.61. The summed E-state index contributed by atoms with van der Waals surface area (Å²) in [7, 11) is 0. The quantitative estimate of drug-likeness (QED) is 0.598. The molecule has 0 saturated heterocycles. The third-order valence-electron chi connectivity index (χ3n) is 4.81. The van der Waals surface area contributed by atoms with E-state index in [-0.39, 0.29) is 24.3 Å². The molecular formula is C22H23N3O3S. The third kappa shape index (κ3) is 5.12. The Kier molecular flexibility index (Phi) is 5.76. The normalized spacial score (nSPS) is 14.4. The van der Waals surface area contributed by atoms with Crippen molar-refractivity contribution in [3.8, 4) is 10.8 Å². The lowest BCUT2D eigenvalue weighted by Crippen LogP contribution is -2.49. The molecule has 29 heavy (non-hydrogen) atoms. The summed E-state index contributed by atoms with van der Waals surface area (Å²) in [6.07, 6.45) is 2.52. The van der Waals surface area contributed by atoms with Crippen molar-refractivity contribution in [2.45, 2.75) is 44.7 Å². The van der Waals surface area contributed by atoms with Gasteiger partial charge in [0.25, 0.3) is 0 Å². The maximum Gasteiger partial charge on any atom is 0.243 e. The Hall–Kier alpha value is -2.93. The Balaban J connectivity index is 1.43. The van der Waals surface area contributed by atoms with Crippen LogP contribution in [0.15, 0.2) is 52.3 Å². The zero-order valence-electron chi connectivity index (χ0n) is 16.2. The number of nitrogens with zero attached hydrogens (tertiary/aromatic N) is 1. The fourth-order valence-corrected chi connectivity index (χ4v) is 3.73. The Bertz CT molecular complexity index is 978. The Morgan fingerprint density at radius 2 is 2.00 bits per heavy atom. The standard InChI is InChI=1S/C22H23N3O3S/c1-14-17(25-22(28-14)19-8-5-11-29-19)13-20(26)24-18(21(27)23-16-9-10-16)12-15-6-3-2-4-7-15/h2-8,11,16,18H,9-10,12-13H2,1H3,(H,23,27)(H,24,26). The molecule has 1 saturated carbocycles. The van der Waals surface area contributed by atoms with Gasteiger partial charge < -0.3 is 15.1 Å². The van der Waals surface area contributed by atoms with E-state index < -0.39 is 6.04 Å². The van der Waals surface area contributed by atoms with Crippen molar-refractivity contribution in [3.05, 3.63) is 64.9 Å². The first kappa shape index (κ1) is 19.4. The van der Waals surface area contributed by atoms with Gasteiger partial charge in [-0.3, -0.25) is 9.59 Å². The number of nitrogens with one attached hydrogen (secondary N) is 2. The SMILES string of the molecule is Cc1oc(-c2cccs2)nc1CC(=O)NC(Cc1ccccc1)C(=O)NC1CC1. The van der Waals surface area contributed by atoms with Crippen LogP contribution >= 0.6 is 11.3 Å². The molecule has 1 atom stereocenters. The number of aryl methyl sites for hydroxylation is 1. The van der Waals surface area contributed by atoms with Crippen LogP contribution in [0, 0.1) is 6.92 Å². The minimum Gasteiger partial charge on any atom is -0.440 e. The van der Waals surface area contributed by atoms with Gasteiger partial charge in [-0.2, -0.15) is 0 Å². The van der Waals surface area contributed by atoms with E-state index in [9.17, 15) is 9.59 Å². The minimum atomic E-state index is -0.616. The summed E-state index contributed by atoms with van der Waals surface area (Å²) in [5, 5.41) is 7.83. The Labute approximate surface area is 173 Å². The van der Waals surface area contributed by atoms with Crippen LogP contribution in [0.1, 0.15) is 29.9 Å². The summed E-state index contributed by atoms with van der Waals surface area (Å²) in [4.78, 5) is 30.7. The molecule has 1 aliphatic rings. The number of benzene rings is 1. The first-order valence-corrected chi connectivity index (χ1v) is 10.6. The lowest BCUT2D eigenvalue weighted by molar-refractivity contribution is -0.128.